The molecule has 3 rings (SSSR count). The molecule has 1 atom stereocenters. The lowest BCUT2D eigenvalue weighted by Crippen LogP contribution is -2.31. The molecule has 9 nitrogen and oxygen atoms in total. The summed E-state index contributed by atoms with van der Waals surface area (Å²) in [7, 11) is 7.63. The molecule has 1 N–H and O–H groups in total. The van der Waals surface area contributed by atoms with E-state index in [0.717, 1.165) is 5.56 Å². The number of urea groups is 1. The van der Waals surface area contributed by atoms with Crippen LogP contribution < -0.4 is 29.0 Å². The van der Waals surface area contributed by atoms with Gasteiger partial charge in [-0.2, -0.15) is 0 Å². The van der Waals surface area contributed by atoms with Crippen molar-refractivity contribution in [1.29, 1.82) is 0 Å². The number of nitrogens with zero attached hydrogens (tertiary/aromatic N) is 1. The smallest absolute Gasteiger partial charge is 0.325 e. The highest BCUT2D eigenvalue weighted by Crippen LogP contribution is 2.41. The standard InChI is InChI=1S/C22H26N2O7/c1-27-15-7-6-13(10-16(15)28-2)8-9-24-19(21(25)23-22(24)26)14-11-17(29-3)20(31-5)18(12-14)30-4/h6-7,10-12,19H,8-9H2,1-5H3,(H,23,25,26). The predicted octanol–water partition coefficient (Wildman–Crippen LogP) is 2.57. The second-order valence-electron chi connectivity index (χ2n) is 6.79. The zero-order valence-electron chi connectivity index (χ0n) is 18.2. The van der Waals surface area contributed by atoms with Crippen LogP contribution in [0.1, 0.15) is 17.2 Å². The first-order valence-electron chi connectivity index (χ1n) is 9.59. The summed E-state index contributed by atoms with van der Waals surface area (Å²) in [5, 5.41) is 2.39. The molecule has 0 bridgehead atoms. The lowest BCUT2D eigenvalue weighted by molar-refractivity contribution is -0.121. The minimum atomic E-state index is -0.818. The quantitative estimate of drug-likeness (QED) is 0.611. The van der Waals surface area contributed by atoms with Crippen molar-refractivity contribution in [3.8, 4) is 28.7 Å². The largest absolute Gasteiger partial charge is 0.493 e. The molecule has 1 saturated heterocycles. The highest BCUT2D eigenvalue weighted by molar-refractivity contribution is 6.04. The summed E-state index contributed by atoms with van der Waals surface area (Å²) in [5.41, 5.74) is 1.50. The molecule has 0 spiro atoms. The summed E-state index contributed by atoms with van der Waals surface area (Å²) in [6.07, 6.45) is 0.516. The molecule has 31 heavy (non-hydrogen) atoms. The molecule has 1 unspecified atom stereocenters. The second-order valence-corrected chi connectivity index (χ2v) is 6.79. The monoisotopic (exact) mass is 430 g/mol. The molecule has 0 radical (unpaired) electrons. The average molecular weight is 430 g/mol. The van der Waals surface area contributed by atoms with Gasteiger partial charge >= 0.3 is 6.03 Å². The van der Waals surface area contributed by atoms with Crippen molar-refractivity contribution in [3.05, 3.63) is 41.5 Å². The topological polar surface area (TPSA) is 95.6 Å². The fraction of sp³-hybridized carbons (Fsp3) is 0.364. The van der Waals surface area contributed by atoms with Crippen LogP contribution in [0.4, 0.5) is 4.79 Å². The van der Waals surface area contributed by atoms with E-state index in [0.29, 0.717) is 47.3 Å². The van der Waals surface area contributed by atoms with Crippen molar-refractivity contribution in [2.75, 3.05) is 42.1 Å². The third-order valence-electron chi connectivity index (χ3n) is 5.14. The van der Waals surface area contributed by atoms with Crippen molar-refractivity contribution in [1.82, 2.24) is 10.2 Å². The fourth-order valence-corrected chi connectivity index (χ4v) is 3.61. The lowest BCUT2D eigenvalue weighted by Gasteiger charge is -2.23. The first-order valence-corrected chi connectivity index (χ1v) is 9.59. The SMILES string of the molecule is COc1ccc(CCN2C(=O)NC(=O)C2c2cc(OC)c(OC)c(OC)c2)cc1OC. The number of hydrogen-bond donors (Lipinski definition) is 1. The minimum absolute atomic E-state index is 0.314. The summed E-state index contributed by atoms with van der Waals surface area (Å²) in [6.45, 7) is 0.314. The third-order valence-corrected chi connectivity index (χ3v) is 5.14. The summed E-state index contributed by atoms with van der Waals surface area (Å²) in [4.78, 5) is 26.6. The fourth-order valence-electron chi connectivity index (χ4n) is 3.61. The van der Waals surface area contributed by atoms with Crippen LogP contribution in [0.2, 0.25) is 0 Å². The average Bonchev–Trinajstić information content (AvgIpc) is 3.08. The van der Waals surface area contributed by atoms with Gasteiger partial charge < -0.3 is 28.6 Å². The maximum absolute atomic E-state index is 12.6. The Balaban J connectivity index is 1.89. The zero-order valence-corrected chi connectivity index (χ0v) is 18.2. The number of rotatable bonds is 9. The van der Waals surface area contributed by atoms with Crippen molar-refractivity contribution < 1.29 is 33.3 Å². The molecule has 0 aromatic heterocycles. The molecule has 1 fully saturated rings. The van der Waals surface area contributed by atoms with Gasteiger partial charge in [0.15, 0.2) is 23.0 Å². The van der Waals surface area contributed by atoms with Crippen molar-refractivity contribution in [3.63, 3.8) is 0 Å². The predicted molar refractivity (Wildman–Crippen MR) is 112 cm³/mol. The number of amides is 3. The Morgan fingerprint density at radius 2 is 1.42 bits per heavy atom. The van der Waals surface area contributed by atoms with Crippen LogP contribution in [-0.2, 0) is 11.2 Å². The molecular weight excluding hydrogens is 404 g/mol. The number of carbonyl (C=O) groups excluding carboxylic acids is 2. The van der Waals surface area contributed by atoms with Crippen molar-refractivity contribution in [2.45, 2.75) is 12.5 Å². The first kappa shape index (κ1) is 22.1. The molecule has 1 heterocycles. The maximum atomic E-state index is 12.6. The van der Waals surface area contributed by atoms with Crippen molar-refractivity contribution >= 4 is 11.9 Å². The van der Waals surface area contributed by atoms with E-state index < -0.39 is 18.0 Å². The van der Waals surface area contributed by atoms with E-state index >= 15 is 0 Å². The van der Waals surface area contributed by atoms with Gasteiger partial charge in [-0.05, 0) is 41.8 Å². The number of methoxy groups -OCH3 is 5. The summed E-state index contributed by atoms with van der Waals surface area (Å²) in [6, 6.07) is 7.63. The van der Waals surface area contributed by atoms with Crippen LogP contribution in [0.5, 0.6) is 28.7 Å². The van der Waals surface area contributed by atoms with E-state index in [1.165, 1.54) is 26.2 Å². The second kappa shape index (κ2) is 9.46. The molecule has 2 aromatic rings. The lowest BCUT2D eigenvalue weighted by atomic mass is 10.0. The van der Waals surface area contributed by atoms with Gasteiger partial charge in [0.1, 0.15) is 6.04 Å². The normalized spacial score (nSPS) is 15.5. The van der Waals surface area contributed by atoms with Gasteiger partial charge in [-0.3, -0.25) is 10.1 Å². The number of imide groups is 1. The summed E-state index contributed by atoms with van der Waals surface area (Å²) < 4.78 is 26.7. The number of hydrogen-bond acceptors (Lipinski definition) is 7. The Labute approximate surface area is 180 Å². The summed E-state index contributed by atoms with van der Waals surface area (Å²) in [5.74, 6) is 2.04. The molecule has 0 saturated carbocycles. The third kappa shape index (κ3) is 4.30. The van der Waals surface area contributed by atoms with Crippen molar-refractivity contribution in [2.24, 2.45) is 0 Å². The number of nitrogens with one attached hydrogen (secondary N) is 1. The van der Waals surface area contributed by atoms with E-state index in [1.807, 2.05) is 12.1 Å². The van der Waals surface area contributed by atoms with Gasteiger partial charge in [0, 0.05) is 6.54 Å². The van der Waals surface area contributed by atoms with Crippen LogP contribution in [0, 0.1) is 0 Å². The molecular formula is C22H26N2O7. The molecule has 3 amide bonds. The van der Waals surface area contributed by atoms with Gasteiger partial charge in [-0.15, -0.1) is 0 Å². The van der Waals surface area contributed by atoms with Crippen LogP contribution in [0.25, 0.3) is 0 Å². The van der Waals surface area contributed by atoms with Crippen LogP contribution in [0.15, 0.2) is 30.3 Å². The molecule has 9 heteroatoms. The Hall–Kier alpha value is -3.62. The van der Waals surface area contributed by atoms with E-state index in [2.05, 4.69) is 5.32 Å². The first-order chi connectivity index (χ1) is 15.0. The molecule has 2 aromatic carbocycles. The van der Waals surface area contributed by atoms with E-state index in [1.54, 1.807) is 32.4 Å². The van der Waals surface area contributed by atoms with E-state index in [-0.39, 0.29) is 0 Å². The number of benzene rings is 2. The minimum Gasteiger partial charge on any atom is -0.493 e. The number of ether oxygens (including phenoxy) is 5. The van der Waals surface area contributed by atoms with Crippen LogP contribution in [0.3, 0.4) is 0 Å². The van der Waals surface area contributed by atoms with Gasteiger partial charge in [0.25, 0.3) is 5.91 Å². The highest BCUT2D eigenvalue weighted by atomic mass is 16.5. The van der Waals surface area contributed by atoms with Gasteiger partial charge in [-0.25, -0.2) is 4.79 Å². The van der Waals surface area contributed by atoms with Crippen LogP contribution >= 0.6 is 0 Å². The number of carbonyl (C=O) groups is 2. The zero-order chi connectivity index (χ0) is 22.5. The van der Waals surface area contributed by atoms with Crippen LogP contribution in [-0.4, -0.2) is 58.9 Å². The van der Waals surface area contributed by atoms with E-state index in [9.17, 15) is 9.59 Å². The Bertz CT molecular complexity index is 951. The Morgan fingerprint density at radius 1 is 0.806 bits per heavy atom. The summed E-state index contributed by atoms with van der Waals surface area (Å²) >= 11 is 0. The Kier molecular flexibility index (Phi) is 6.74. The molecule has 1 aliphatic heterocycles. The Morgan fingerprint density at radius 3 is 1.97 bits per heavy atom. The molecule has 1 aliphatic rings. The van der Waals surface area contributed by atoms with Gasteiger partial charge in [0.2, 0.25) is 5.75 Å². The molecule has 166 valence electrons. The maximum Gasteiger partial charge on any atom is 0.325 e. The van der Waals surface area contributed by atoms with E-state index in [4.69, 9.17) is 23.7 Å². The molecule has 0 aliphatic carbocycles. The van der Waals surface area contributed by atoms with Gasteiger partial charge in [0.05, 0.1) is 35.5 Å². The highest BCUT2D eigenvalue weighted by Gasteiger charge is 2.40. The van der Waals surface area contributed by atoms with Gasteiger partial charge in [-0.1, -0.05) is 6.07 Å².